The second kappa shape index (κ2) is 6.05. The zero-order valence-electron chi connectivity index (χ0n) is 11.0. The molecule has 2 aliphatic rings. The van der Waals surface area contributed by atoms with Crippen molar-refractivity contribution in [2.24, 2.45) is 0 Å². The van der Waals surface area contributed by atoms with Gasteiger partial charge in [-0.25, -0.2) is 8.42 Å². The fourth-order valence-corrected chi connectivity index (χ4v) is 4.89. The maximum absolute atomic E-state index is 11.8. The van der Waals surface area contributed by atoms with Crippen molar-refractivity contribution in [3.8, 4) is 11.8 Å². The number of hydrogen-bond donors (Lipinski definition) is 1. The molecule has 0 aromatic rings. The molecule has 2 heterocycles. The predicted octanol–water partition coefficient (Wildman–Crippen LogP) is 0.251. The fourth-order valence-electron chi connectivity index (χ4n) is 2.90. The molecule has 0 saturated carbocycles. The highest BCUT2D eigenvalue weighted by molar-refractivity contribution is 7.91. The lowest BCUT2D eigenvalue weighted by atomic mass is 10.1. The maximum Gasteiger partial charge on any atom is 0.153 e. The Morgan fingerprint density at radius 3 is 2.61 bits per heavy atom. The smallest absolute Gasteiger partial charge is 0.153 e. The topological polar surface area (TPSA) is 49.4 Å². The van der Waals surface area contributed by atoms with Crippen molar-refractivity contribution >= 4 is 9.84 Å². The Labute approximate surface area is 110 Å². The minimum absolute atomic E-state index is 0.0500. The molecule has 18 heavy (non-hydrogen) atoms. The molecule has 2 aliphatic heterocycles. The van der Waals surface area contributed by atoms with Crippen LogP contribution in [0.15, 0.2) is 0 Å². The number of rotatable bonds is 3. The highest BCUT2D eigenvalue weighted by Gasteiger charge is 2.40. The summed E-state index contributed by atoms with van der Waals surface area (Å²) in [5.74, 6) is 6.36. The lowest BCUT2D eigenvalue weighted by Crippen LogP contribution is -2.51. The summed E-state index contributed by atoms with van der Waals surface area (Å²) >= 11 is 0. The third kappa shape index (κ3) is 3.47. The normalized spacial score (nSPS) is 31.8. The molecule has 2 unspecified atom stereocenters. The molecule has 2 fully saturated rings. The van der Waals surface area contributed by atoms with E-state index in [4.69, 9.17) is 0 Å². The van der Waals surface area contributed by atoms with Gasteiger partial charge in [0.2, 0.25) is 0 Å². The zero-order chi connectivity index (χ0) is 13.0. The van der Waals surface area contributed by atoms with Gasteiger partial charge in [-0.05, 0) is 32.9 Å². The molecule has 2 saturated heterocycles. The van der Waals surface area contributed by atoms with Gasteiger partial charge in [0.05, 0.1) is 18.1 Å². The van der Waals surface area contributed by atoms with Crippen LogP contribution in [0.4, 0.5) is 0 Å². The zero-order valence-corrected chi connectivity index (χ0v) is 11.8. The summed E-state index contributed by atoms with van der Waals surface area (Å²) < 4.78 is 23.6. The van der Waals surface area contributed by atoms with Gasteiger partial charge in [0.15, 0.2) is 9.84 Å². The molecule has 0 bridgehead atoms. The van der Waals surface area contributed by atoms with Gasteiger partial charge >= 0.3 is 0 Å². The number of nitrogens with zero attached hydrogens (tertiary/aromatic N) is 1. The standard InChI is InChI=1S/C13H22N2O2S/c1-2-3-7-14-12-10-18(16,17)11-13(12)15-8-5-4-6-9-15/h12-14H,4-11H2,1H3. The first-order chi connectivity index (χ1) is 8.62. The van der Waals surface area contributed by atoms with Crippen molar-refractivity contribution in [1.29, 1.82) is 0 Å². The lowest BCUT2D eigenvalue weighted by Gasteiger charge is -2.34. The maximum atomic E-state index is 11.8. The van der Waals surface area contributed by atoms with E-state index in [2.05, 4.69) is 22.1 Å². The Bertz CT molecular complexity index is 430. The Balaban J connectivity index is 2.01. The Hall–Kier alpha value is -0.570. The molecule has 0 spiro atoms. The van der Waals surface area contributed by atoms with Crippen molar-refractivity contribution in [1.82, 2.24) is 10.2 Å². The van der Waals surface area contributed by atoms with Crippen molar-refractivity contribution in [2.45, 2.75) is 38.3 Å². The predicted molar refractivity (Wildman–Crippen MR) is 73.1 cm³/mol. The first-order valence-corrected chi connectivity index (χ1v) is 8.52. The Kier molecular flexibility index (Phi) is 4.66. The van der Waals surface area contributed by atoms with Crippen LogP contribution in [0.25, 0.3) is 0 Å². The van der Waals surface area contributed by atoms with Crippen molar-refractivity contribution in [3.05, 3.63) is 0 Å². The quantitative estimate of drug-likeness (QED) is 0.747. The summed E-state index contributed by atoms with van der Waals surface area (Å²) in [6.07, 6.45) is 3.66. The van der Waals surface area contributed by atoms with Crippen LogP contribution in [-0.4, -0.2) is 56.5 Å². The minimum Gasteiger partial charge on any atom is -0.301 e. The molecule has 2 rings (SSSR count). The van der Waals surface area contributed by atoms with Gasteiger partial charge in [0.1, 0.15) is 0 Å². The van der Waals surface area contributed by atoms with E-state index in [0.29, 0.717) is 12.3 Å². The van der Waals surface area contributed by atoms with E-state index in [1.165, 1.54) is 19.3 Å². The summed E-state index contributed by atoms with van der Waals surface area (Å²) in [6, 6.07) is 0.197. The van der Waals surface area contributed by atoms with E-state index in [0.717, 1.165) is 13.1 Å². The van der Waals surface area contributed by atoms with Gasteiger partial charge < -0.3 is 5.32 Å². The van der Waals surface area contributed by atoms with Gasteiger partial charge in [0.25, 0.3) is 0 Å². The van der Waals surface area contributed by atoms with Crippen LogP contribution in [-0.2, 0) is 9.84 Å². The highest BCUT2D eigenvalue weighted by atomic mass is 32.2. The molecule has 0 amide bonds. The van der Waals surface area contributed by atoms with Gasteiger partial charge in [-0.1, -0.05) is 12.3 Å². The minimum atomic E-state index is -2.88. The number of piperidine rings is 1. The van der Waals surface area contributed by atoms with E-state index < -0.39 is 9.84 Å². The van der Waals surface area contributed by atoms with Crippen LogP contribution < -0.4 is 5.32 Å². The SMILES string of the molecule is CC#CCNC1CS(=O)(=O)CC1N1CCCCC1. The molecule has 2 atom stereocenters. The number of sulfone groups is 1. The Morgan fingerprint density at radius 1 is 1.22 bits per heavy atom. The second-order valence-corrected chi connectivity index (χ2v) is 7.31. The summed E-state index contributed by atoms with van der Waals surface area (Å²) in [6.45, 7) is 4.46. The summed E-state index contributed by atoms with van der Waals surface area (Å²) in [7, 11) is -2.88. The average Bonchev–Trinajstić information content (AvgIpc) is 2.66. The van der Waals surface area contributed by atoms with Gasteiger partial charge in [0, 0.05) is 12.1 Å². The van der Waals surface area contributed by atoms with Crippen LogP contribution in [0.5, 0.6) is 0 Å². The summed E-state index contributed by atoms with van der Waals surface area (Å²) in [4.78, 5) is 2.35. The fraction of sp³-hybridized carbons (Fsp3) is 0.846. The van der Waals surface area contributed by atoms with E-state index in [1.807, 2.05) is 0 Å². The molecular formula is C13H22N2O2S. The Morgan fingerprint density at radius 2 is 1.94 bits per heavy atom. The second-order valence-electron chi connectivity index (χ2n) is 5.16. The summed E-state index contributed by atoms with van der Waals surface area (Å²) in [5.41, 5.74) is 0. The number of nitrogens with one attached hydrogen (secondary N) is 1. The average molecular weight is 270 g/mol. The molecule has 0 aliphatic carbocycles. The van der Waals surface area contributed by atoms with Crippen LogP contribution in [0.1, 0.15) is 26.2 Å². The van der Waals surface area contributed by atoms with Crippen LogP contribution in [0, 0.1) is 11.8 Å². The van der Waals surface area contributed by atoms with Crippen LogP contribution in [0.3, 0.4) is 0 Å². The van der Waals surface area contributed by atoms with E-state index in [-0.39, 0.29) is 17.8 Å². The first kappa shape index (κ1) is 13.9. The third-order valence-electron chi connectivity index (χ3n) is 3.81. The molecule has 1 N–H and O–H groups in total. The van der Waals surface area contributed by atoms with Gasteiger partial charge in [-0.3, -0.25) is 4.90 Å². The molecule has 4 nitrogen and oxygen atoms in total. The van der Waals surface area contributed by atoms with Crippen molar-refractivity contribution < 1.29 is 8.42 Å². The lowest BCUT2D eigenvalue weighted by molar-refractivity contribution is 0.157. The van der Waals surface area contributed by atoms with Crippen molar-refractivity contribution in [2.75, 3.05) is 31.1 Å². The molecule has 5 heteroatoms. The van der Waals surface area contributed by atoms with E-state index in [1.54, 1.807) is 6.92 Å². The van der Waals surface area contributed by atoms with Gasteiger partial charge in [-0.2, -0.15) is 0 Å². The highest BCUT2D eigenvalue weighted by Crippen LogP contribution is 2.22. The van der Waals surface area contributed by atoms with Crippen LogP contribution >= 0.6 is 0 Å². The van der Waals surface area contributed by atoms with Gasteiger partial charge in [-0.15, -0.1) is 5.92 Å². The summed E-state index contributed by atoms with van der Waals surface area (Å²) in [5, 5.41) is 3.29. The first-order valence-electron chi connectivity index (χ1n) is 6.70. The molecule has 0 aromatic heterocycles. The monoisotopic (exact) mass is 270 g/mol. The molecule has 102 valence electrons. The molecular weight excluding hydrogens is 248 g/mol. The van der Waals surface area contributed by atoms with E-state index in [9.17, 15) is 8.42 Å². The van der Waals surface area contributed by atoms with Crippen LogP contribution in [0.2, 0.25) is 0 Å². The largest absolute Gasteiger partial charge is 0.301 e. The third-order valence-corrected chi connectivity index (χ3v) is 5.53. The molecule has 0 aromatic carbocycles. The van der Waals surface area contributed by atoms with Crippen molar-refractivity contribution in [3.63, 3.8) is 0 Å². The molecule has 0 radical (unpaired) electrons. The number of hydrogen-bond acceptors (Lipinski definition) is 4. The number of likely N-dealkylation sites (tertiary alicyclic amines) is 1. The van der Waals surface area contributed by atoms with E-state index >= 15 is 0 Å².